The highest BCUT2D eigenvalue weighted by Gasteiger charge is 2.31. The summed E-state index contributed by atoms with van der Waals surface area (Å²) in [6.07, 6.45) is 2.11. The Labute approximate surface area is 78.9 Å². The normalized spacial score (nSPS) is 28.1. The summed E-state index contributed by atoms with van der Waals surface area (Å²) in [5, 5.41) is 11.9. The molecule has 0 aromatic rings. The van der Waals surface area contributed by atoms with Gasteiger partial charge in [-0.05, 0) is 18.9 Å². The minimum Gasteiger partial charge on any atom is -0.481 e. The van der Waals surface area contributed by atoms with Gasteiger partial charge in [-0.15, -0.1) is 12.4 Å². The van der Waals surface area contributed by atoms with Crippen molar-refractivity contribution < 1.29 is 9.90 Å². The Hall–Kier alpha value is -0.280. The molecule has 2 atom stereocenters. The molecule has 1 fully saturated rings. The van der Waals surface area contributed by atoms with Gasteiger partial charge in [0.05, 0.1) is 5.92 Å². The Morgan fingerprint density at radius 1 is 1.58 bits per heavy atom. The van der Waals surface area contributed by atoms with E-state index in [-0.39, 0.29) is 18.3 Å². The molecular weight excluding hydrogens is 178 g/mol. The zero-order valence-corrected chi connectivity index (χ0v) is 8.06. The summed E-state index contributed by atoms with van der Waals surface area (Å²) in [5.74, 6) is -0.430. The molecule has 0 aliphatic carbocycles. The smallest absolute Gasteiger partial charge is 0.308 e. The van der Waals surface area contributed by atoms with Crippen molar-refractivity contribution in [2.75, 3.05) is 13.1 Å². The van der Waals surface area contributed by atoms with Crippen LogP contribution in [-0.2, 0) is 4.79 Å². The molecule has 1 aliphatic heterocycles. The van der Waals surface area contributed by atoms with Crippen LogP contribution in [0.1, 0.15) is 19.8 Å². The number of aliphatic carboxylic acids is 1. The first kappa shape index (κ1) is 11.7. The lowest BCUT2D eigenvalue weighted by molar-refractivity contribution is -0.142. The average molecular weight is 194 g/mol. The van der Waals surface area contributed by atoms with Gasteiger partial charge in [0, 0.05) is 6.54 Å². The van der Waals surface area contributed by atoms with Crippen molar-refractivity contribution in [1.29, 1.82) is 0 Å². The van der Waals surface area contributed by atoms with E-state index in [2.05, 4.69) is 12.2 Å². The van der Waals surface area contributed by atoms with Gasteiger partial charge in [-0.25, -0.2) is 0 Å². The number of hydrogen-bond acceptors (Lipinski definition) is 2. The van der Waals surface area contributed by atoms with Gasteiger partial charge in [-0.2, -0.15) is 0 Å². The van der Waals surface area contributed by atoms with Gasteiger partial charge in [0.15, 0.2) is 0 Å². The predicted molar refractivity (Wildman–Crippen MR) is 49.6 cm³/mol. The van der Waals surface area contributed by atoms with Gasteiger partial charge in [0.1, 0.15) is 0 Å². The van der Waals surface area contributed by atoms with Gasteiger partial charge in [-0.3, -0.25) is 4.79 Å². The zero-order chi connectivity index (χ0) is 8.27. The van der Waals surface area contributed by atoms with E-state index in [0.717, 1.165) is 19.4 Å². The molecule has 0 radical (unpaired) electrons. The number of hydrogen-bond donors (Lipinski definition) is 2. The van der Waals surface area contributed by atoms with E-state index in [4.69, 9.17) is 5.11 Å². The summed E-state index contributed by atoms with van der Waals surface area (Å²) in [7, 11) is 0. The Morgan fingerprint density at radius 3 is 2.75 bits per heavy atom. The lowest BCUT2D eigenvalue weighted by atomic mass is 9.92. The van der Waals surface area contributed by atoms with Gasteiger partial charge in [0.25, 0.3) is 0 Å². The molecule has 3 nitrogen and oxygen atoms in total. The summed E-state index contributed by atoms with van der Waals surface area (Å²) in [5.41, 5.74) is 0. The molecule has 0 aromatic heterocycles. The van der Waals surface area contributed by atoms with Crippen LogP contribution in [0.2, 0.25) is 0 Å². The first-order chi connectivity index (χ1) is 5.25. The average Bonchev–Trinajstić information content (AvgIpc) is 2.36. The largest absolute Gasteiger partial charge is 0.481 e. The number of rotatable bonds is 3. The van der Waals surface area contributed by atoms with Crippen LogP contribution in [0.5, 0.6) is 0 Å². The second kappa shape index (κ2) is 5.38. The van der Waals surface area contributed by atoms with E-state index in [0.29, 0.717) is 12.5 Å². The summed E-state index contributed by atoms with van der Waals surface area (Å²) < 4.78 is 0. The fraction of sp³-hybridized carbons (Fsp3) is 0.875. The van der Waals surface area contributed by atoms with Crippen LogP contribution in [0.15, 0.2) is 0 Å². The number of halogens is 1. The topological polar surface area (TPSA) is 49.3 Å². The highest BCUT2D eigenvalue weighted by molar-refractivity contribution is 5.85. The van der Waals surface area contributed by atoms with Crippen molar-refractivity contribution in [1.82, 2.24) is 5.32 Å². The summed E-state index contributed by atoms with van der Waals surface area (Å²) in [6, 6.07) is 0. The van der Waals surface area contributed by atoms with Crippen LogP contribution in [0.4, 0.5) is 0 Å². The third kappa shape index (κ3) is 2.64. The van der Waals surface area contributed by atoms with E-state index in [1.54, 1.807) is 0 Å². The minimum atomic E-state index is -0.645. The molecule has 12 heavy (non-hydrogen) atoms. The maximum absolute atomic E-state index is 10.6. The van der Waals surface area contributed by atoms with Crippen LogP contribution >= 0.6 is 12.4 Å². The minimum absolute atomic E-state index is 0. The first-order valence-corrected chi connectivity index (χ1v) is 4.19. The predicted octanol–water partition coefficient (Wildman–Crippen LogP) is 1.13. The standard InChI is InChI=1S/C8H15NO2.ClH/c1-2-3-6-4-9-5-7(6)8(10)11;/h6-7,9H,2-5H2,1H3,(H,10,11);1H/t6-,7-;/m0./s1. The van der Waals surface area contributed by atoms with Crippen molar-refractivity contribution in [2.24, 2.45) is 11.8 Å². The lowest BCUT2D eigenvalue weighted by Crippen LogP contribution is -2.21. The first-order valence-electron chi connectivity index (χ1n) is 4.19. The molecule has 0 bridgehead atoms. The highest BCUT2D eigenvalue weighted by atomic mass is 35.5. The van der Waals surface area contributed by atoms with Crippen LogP contribution in [-0.4, -0.2) is 24.2 Å². The van der Waals surface area contributed by atoms with Crippen molar-refractivity contribution in [2.45, 2.75) is 19.8 Å². The molecule has 0 saturated carbocycles. The Morgan fingerprint density at radius 2 is 2.25 bits per heavy atom. The SMILES string of the molecule is CCC[C@H]1CNC[C@@H]1C(=O)O.Cl. The van der Waals surface area contributed by atoms with E-state index >= 15 is 0 Å². The van der Waals surface area contributed by atoms with Crippen molar-refractivity contribution in [3.8, 4) is 0 Å². The Kier molecular flexibility index (Phi) is 5.25. The second-order valence-corrected chi connectivity index (χ2v) is 3.15. The molecule has 0 unspecified atom stereocenters. The van der Waals surface area contributed by atoms with Crippen LogP contribution in [0, 0.1) is 11.8 Å². The zero-order valence-electron chi connectivity index (χ0n) is 7.25. The summed E-state index contributed by atoms with van der Waals surface area (Å²) >= 11 is 0. The fourth-order valence-corrected chi connectivity index (χ4v) is 1.70. The van der Waals surface area contributed by atoms with E-state index in [9.17, 15) is 4.79 Å². The van der Waals surface area contributed by atoms with E-state index < -0.39 is 5.97 Å². The summed E-state index contributed by atoms with van der Waals surface area (Å²) in [6.45, 7) is 3.63. The molecule has 2 N–H and O–H groups in total. The van der Waals surface area contributed by atoms with Gasteiger partial charge in [-0.1, -0.05) is 13.3 Å². The maximum Gasteiger partial charge on any atom is 0.308 e. The third-order valence-corrected chi connectivity index (χ3v) is 2.32. The van der Waals surface area contributed by atoms with E-state index in [1.165, 1.54) is 0 Å². The molecule has 1 heterocycles. The van der Waals surface area contributed by atoms with Crippen LogP contribution < -0.4 is 5.32 Å². The number of nitrogens with one attached hydrogen (secondary N) is 1. The maximum atomic E-state index is 10.6. The molecule has 1 aliphatic rings. The Bertz CT molecular complexity index is 152. The monoisotopic (exact) mass is 193 g/mol. The molecule has 4 heteroatoms. The number of carboxylic acids is 1. The van der Waals surface area contributed by atoms with Crippen molar-refractivity contribution >= 4 is 18.4 Å². The van der Waals surface area contributed by atoms with Gasteiger partial charge >= 0.3 is 5.97 Å². The molecule has 0 aromatic carbocycles. The quantitative estimate of drug-likeness (QED) is 0.707. The van der Waals surface area contributed by atoms with E-state index in [1.807, 2.05) is 0 Å². The third-order valence-electron chi connectivity index (χ3n) is 2.32. The fourth-order valence-electron chi connectivity index (χ4n) is 1.70. The highest BCUT2D eigenvalue weighted by Crippen LogP contribution is 2.21. The lowest BCUT2D eigenvalue weighted by Gasteiger charge is -2.12. The molecule has 1 saturated heterocycles. The molecule has 0 amide bonds. The van der Waals surface area contributed by atoms with Crippen LogP contribution in [0.3, 0.4) is 0 Å². The summed E-state index contributed by atoms with van der Waals surface area (Å²) in [4.78, 5) is 10.6. The molecule has 72 valence electrons. The van der Waals surface area contributed by atoms with Gasteiger partial charge < -0.3 is 10.4 Å². The van der Waals surface area contributed by atoms with Gasteiger partial charge in [0.2, 0.25) is 0 Å². The number of carboxylic acid groups (broad SMARTS) is 1. The van der Waals surface area contributed by atoms with Crippen LogP contribution in [0.25, 0.3) is 0 Å². The molecule has 1 rings (SSSR count). The van der Waals surface area contributed by atoms with Crippen molar-refractivity contribution in [3.63, 3.8) is 0 Å². The second-order valence-electron chi connectivity index (χ2n) is 3.15. The Balaban J connectivity index is 0.00000121. The number of carbonyl (C=O) groups is 1. The molecule has 0 spiro atoms. The van der Waals surface area contributed by atoms with Crippen molar-refractivity contribution in [3.05, 3.63) is 0 Å². The molecular formula is C8H16ClNO2.